The highest BCUT2D eigenvalue weighted by Gasteiger charge is 2.23. The summed E-state index contributed by atoms with van der Waals surface area (Å²) in [6.45, 7) is 2.23. The largest absolute Gasteiger partial charge is 0.494 e. The van der Waals surface area contributed by atoms with Gasteiger partial charge < -0.3 is 4.74 Å². The summed E-state index contributed by atoms with van der Waals surface area (Å²) in [6, 6.07) is 7.88. The lowest BCUT2D eigenvalue weighted by atomic mass is 9.77. The number of hydrogen-bond donors (Lipinski definition) is 0. The van der Waals surface area contributed by atoms with Gasteiger partial charge in [-0.3, -0.25) is 0 Å². The van der Waals surface area contributed by atoms with Crippen LogP contribution in [0.1, 0.15) is 50.5 Å². The highest BCUT2D eigenvalue weighted by molar-refractivity contribution is 5.67. The van der Waals surface area contributed by atoms with Gasteiger partial charge in [0, 0.05) is 6.07 Å². The van der Waals surface area contributed by atoms with Crippen LogP contribution < -0.4 is 4.74 Å². The molecule has 2 aromatic carbocycles. The van der Waals surface area contributed by atoms with Crippen molar-refractivity contribution in [2.45, 2.75) is 44.9 Å². The smallest absolute Gasteiger partial charge is 0.176 e. The second kappa shape index (κ2) is 7.51. The maximum absolute atomic E-state index is 14.4. The summed E-state index contributed by atoms with van der Waals surface area (Å²) in [5.74, 6) is -2.16. The van der Waals surface area contributed by atoms with E-state index >= 15 is 0 Å². The van der Waals surface area contributed by atoms with Gasteiger partial charge in [-0.15, -0.1) is 0 Å². The van der Waals surface area contributed by atoms with Gasteiger partial charge in [-0.05, 0) is 48.6 Å². The van der Waals surface area contributed by atoms with E-state index in [0.29, 0.717) is 11.5 Å². The van der Waals surface area contributed by atoms with E-state index in [4.69, 9.17) is 4.74 Å². The molecule has 0 heterocycles. The molecule has 3 rings (SSSR count). The van der Waals surface area contributed by atoms with Crippen LogP contribution in [-0.4, -0.2) is 7.11 Å². The van der Waals surface area contributed by atoms with Crippen LogP contribution in [0.15, 0.2) is 30.3 Å². The highest BCUT2D eigenvalue weighted by atomic mass is 19.2. The minimum absolute atomic E-state index is 0.295. The van der Waals surface area contributed by atoms with Crippen molar-refractivity contribution in [3.05, 3.63) is 53.3 Å². The molecule has 0 aliphatic heterocycles. The second-order valence-corrected chi connectivity index (χ2v) is 6.81. The molecule has 1 nitrogen and oxygen atoms in total. The molecule has 0 aromatic heterocycles. The van der Waals surface area contributed by atoms with Crippen molar-refractivity contribution in [1.29, 1.82) is 0 Å². The average molecular weight is 348 g/mol. The summed E-state index contributed by atoms with van der Waals surface area (Å²) >= 11 is 0. The zero-order valence-corrected chi connectivity index (χ0v) is 14.6. The summed E-state index contributed by atoms with van der Waals surface area (Å²) in [6.07, 6.45) is 5.98. The highest BCUT2D eigenvalue weighted by Crippen LogP contribution is 2.38. The maximum Gasteiger partial charge on any atom is 0.176 e. The summed E-state index contributed by atoms with van der Waals surface area (Å²) in [5.41, 5.74) is 1.12. The van der Waals surface area contributed by atoms with E-state index in [0.717, 1.165) is 24.8 Å². The molecule has 0 bridgehead atoms. The molecule has 0 amide bonds. The van der Waals surface area contributed by atoms with E-state index in [-0.39, 0.29) is 11.3 Å². The topological polar surface area (TPSA) is 9.23 Å². The van der Waals surface area contributed by atoms with Crippen LogP contribution >= 0.6 is 0 Å². The Morgan fingerprint density at radius 3 is 2.16 bits per heavy atom. The Bertz CT molecular complexity index is 732. The third kappa shape index (κ3) is 3.53. The minimum atomic E-state index is -1.19. The van der Waals surface area contributed by atoms with Gasteiger partial charge in [-0.2, -0.15) is 0 Å². The molecule has 134 valence electrons. The average Bonchev–Trinajstić information content (AvgIpc) is 2.65. The van der Waals surface area contributed by atoms with Crippen LogP contribution in [0.4, 0.5) is 13.2 Å². The summed E-state index contributed by atoms with van der Waals surface area (Å²) < 4.78 is 47.0. The molecule has 0 spiro atoms. The van der Waals surface area contributed by atoms with Crippen molar-refractivity contribution in [1.82, 2.24) is 0 Å². The van der Waals surface area contributed by atoms with E-state index in [1.807, 2.05) is 12.1 Å². The Hall–Kier alpha value is -1.97. The number of methoxy groups -OCH3 is 1. The van der Waals surface area contributed by atoms with E-state index in [9.17, 15) is 13.2 Å². The first-order valence-corrected chi connectivity index (χ1v) is 8.87. The molecule has 0 N–H and O–H groups in total. The van der Waals surface area contributed by atoms with Gasteiger partial charge in [0.1, 0.15) is 0 Å². The van der Waals surface area contributed by atoms with E-state index in [1.165, 1.54) is 31.9 Å². The van der Waals surface area contributed by atoms with E-state index in [1.54, 1.807) is 12.1 Å². The van der Waals surface area contributed by atoms with Gasteiger partial charge in [-0.25, -0.2) is 13.2 Å². The summed E-state index contributed by atoms with van der Waals surface area (Å²) in [7, 11) is 1.23. The first-order chi connectivity index (χ1) is 12.0. The Morgan fingerprint density at radius 1 is 0.960 bits per heavy atom. The number of ether oxygens (including phenoxy) is 1. The Balaban J connectivity index is 1.87. The standard InChI is InChI=1S/C21H23F3O/c1-3-13-4-6-14(7-5-13)15-8-10-16(11-9-15)19-20(23)17(22)12-18(25-2)21(19)24/h8-14H,3-7H2,1-2H3. The van der Waals surface area contributed by atoms with Crippen molar-refractivity contribution in [3.63, 3.8) is 0 Å². The van der Waals surface area contributed by atoms with Crippen molar-refractivity contribution >= 4 is 0 Å². The Labute approximate surface area is 146 Å². The molecule has 1 saturated carbocycles. The maximum atomic E-state index is 14.4. The second-order valence-electron chi connectivity index (χ2n) is 6.81. The van der Waals surface area contributed by atoms with Crippen molar-refractivity contribution in [2.75, 3.05) is 7.11 Å². The fraction of sp³-hybridized carbons (Fsp3) is 0.429. The number of hydrogen-bond acceptors (Lipinski definition) is 1. The zero-order valence-electron chi connectivity index (χ0n) is 14.6. The third-order valence-corrected chi connectivity index (χ3v) is 5.44. The molecular weight excluding hydrogens is 325 g/mol. The molecule has 0 saturated heterocycles. The molecule has 1 aliphatic rings. The summed E-state index contributed by atoms with van der Waals surface area (Å²) in [5, 5.41) is 0. The van der Waals surface area contributed by atoms with Gasteiger partial charge in [0.25, 0.3) is 0 Å². The molecule has 1 fully saturated rings. The number of rotatable bonds is 4. The number of benzene rings is 2. The van der Waals surface area contributed by atoms with Crippen LogP contribution in [-0.2, 0) is 0 Å². The van der Waals surface area contributed by atoms with Crippen LogP contribution in [0.2, 0.25) is 0 Å². The number of halogens is 3. The van der Waals surface area contributed by atoms with Gasteiger partial charge in [0.2, 0.25) is 0 Å². The molecule has 2 aromatic rings. The van der Waals surface area contributed by atoms with Crippen molar-refractivity contribution in [2.24, 2.45) is 5.92 Å². The van der Waals surface area contributed by atoms with Gasteiger partial charge in [-0.1, -0.05) is 37.6 Å². The summed E-state index contributed by atoms with van der Waals surface area (Å²) in [4.78, 5) is 0. The molecule has 0 atom stereocenters. The fourth-order valence-corrected chi connectivity index (χ4v) is 3.81. The van der Waals surface area contributed by atoms with Crippen LogP contribution in [0.3, 0.4) is 0 Å². The molecule has 0 unspecified atom stereocenters. The predicted molar refractivity (Wildman–Crippen MR) is 93.3 cm³/mol. The zero-order chi connectivity index (χ0) is 18.0. The van der Waals surface area contributed by atoms with Crippen LogP contribution in [0.25, 0.3) is 11.1 Å². The quantitative estimate of drug-likeness (QED) is 0.576. The fourth-order valence-electron chi connectivity index (χ4n) is 3.81. The van der Waals surface area contributed by atoms with Crippen LogP contribution in [0.5, 0.6) is 5.75 Å². The monoisotopic (exact) mass is 348 g/mol. The first-order valence-electron chi connectivity index (χ1n) is 8.87. The van der Waals surface area contributed by atoms with E-state index in [2.05, 4.69) is 6.92 Å². The van der Waals surface area contributed by atoms with Crippen molar-refractivity contribution in [3.8, 4) is 16.9 Å². The first kappa shape index (κ1) is 17.8. The Morgan fingerprint density at radius 2 is 1.60 bits per heavy atom. The lowest BCUT2D eigenvalue weighted by Gasteiger charge is -2.28. The molecular formula is C21H23F3O. The lowest BCUT2D eigenvalue weighted by Crippen LogP contribution is -2.12. The molecule has 4 heteroatoms. The Kier molecular flexibility index (Phi) is 5.36. The molecule has 0 radical (unpaired) electrons. The predicted octanol–water partition coefficient (Wildman–Crippen LogP) is 6.46. The molecule has 1 aliphatic carbocycles. The van der Waals surface area contributed by atoms with E-state index < -0.39 is 17.5 Å². The van der Waals surface area contributed by atoms with Gasteiger partial charge in [0.15, 0.2) is 23.2 Å². The van der Waals surface area contributed by atoms with Gasteiger partial charge in [0.05, 0.1) is 12.7 Å². The molecule has 25 heavy (non-hydrogen) atoms. The minimum Gasteiger partial charge on any atom is -0.494 e. The van der Waals surface area contributed by atoms with Crippen LogP contribution in [0, 0.1) is 23.4 Å². The lowest BCUT2D eigenvalue weighted by molar-refractivity contribution is 0.319. The normalized spacial score (nSPS) is 20.5. The SMILES string of the molecule is CCC1CCC(c2ccc(-c3c(F)c(F)cc(OC)c3F)cc2)CC1. The van der Waals surface area contributed by atoms with Crippen molar-refractivity contribution < 1.29 is 17.9 Å². The third-order valence-electron chi connectivity index (χ3n) is 5.44. The van der Waals surface area contributed by atoms with Gasteiger partial charge >= 0.3 is 0 Å².